The number of phenolic OH excluding ortho intramolecular Hbond substituents is 2. The van der Waals surface area contributed by atoms with Crippen LogP contribution >= 0.6 is 0 Å². The van der Waals surface area contributed by atoms with Gasteiger partial charge in [-0.1, -0.05) is 25.5 Å². The number of carbonyl (C=O) groups excluding carboxylic acids is 5. The van der Waals surface area contributed by atoms with Crippen molar-refractivity contribution >= 4 is 29.2 Å². The lowest BCUT2D eigenvalue weighted by Crippen LogP contribution is -2.61. The second kappa shape index (κ2) is 11.5. The van der Waals surface area contributed by atoms with E-state index in [1.807, 2.05) is 6.92 Å². The van der Waals surface area contributed by atoms with Crippen LogP contribution in [0.3, 0.4) is 0 Å². The predicted molar refractivity (Wildman–Crippen MR) is 154 cm³/mol. The number of phenols is 2. The smallest absolute Gasteiger partial charge is 0.306 e. The van der Waals surface area contributed by atoms with Crippen LogP contribution in [0.5, 0.6) is 11.5 Å². The maximum absolute atomic E-state index is 13.7. The van der Waals surface area contributed by atoms with E-state index < -0.39 is 29.4 Å². The summed E-state index contributed by atoms with van der Waals surface area (Å²) in [6.45, 7) is 3.55. The minimum absolute atomic E-state index is 0.0178. The van der Waals surface area contributed by atoms with Gasteiger partial charge in [0.15, 0.2) is 23.9 Å². The van der Waals surface area contributed by atoms with Crippen LogP contribution in [-0.2, 0) is 35.1 Å². The zero-order valence-corrected chi connectivity index (χ0v) is 24.8. The van der Waals surface area contributed by atoms with Crippen LogP contribution in [0.15, 0.2) is 29.8 Å². The van der Waals surface area contributed by atoms with Crippen molar-refractivity contribution in [2.45, 2.75) is 83.7 Å². The van der Waals surface area contributed by atoms with Crippen LogP contribution in [0, 0.1) is 28.6 Å². The van der Waals surface area contributed by atoms with Crippen LogP contribution in [0.25, 0.3) is 0 Å². The average Bonchev–Trinajstić information content (AvgIpc) is 3.23. The first-order valence-electron chi connectivity index (χ1n) is 15.2. The Morgan fingerprint density at radius 1 is 1.02 bits per heavy atom. The second-order valence-corrected chi connectivity index (χ2v) is 13.3. The summed E-state index contributed by atoms with van der Waals surface area (Å²) < 4.78 is 5.18. The van der Waals surface area contributed by atoms with Crippen molar-refractivity contribution in [1.29, 1.82) is 0 Å². The molecule has 0 unspecified atom stereocenters. The lowest BCUT2D eigenvalue weighted by atomic mass is 9.46. The number of aromatic hydroxyl groups is 2. The van der Waals surface area contributed by atoms with Crippen molar-refractivity contribution < 1.29 is 44.0 Å². The van der Waals surface area contributed by atoms with E-state index >= 15 is 0 Å². The Balaban J connectivity index is 1.13. The molecule has 0 aromatic heterocycles. The van der Waals surface area contributed by atoms with Gasteiger partial charge < -0.3 is 25.4 Å². The Kier molecular flexibility index (Phi) is 8.28. The first-order valence-corrected chi connectivity index (χ1v) is 15.2. The highest BCUT2D eigenvalue weighted by Crippen LogP contribution is 2.66. The van der Waals surface area contributed by atoms with Crippen LogP contribution in [0.4, 0.5) is 0 Å². The molecule has 4 aliphatic rings. The molecule has 3 fully saturated rings. The van der Waals surface area contributed by atoms with E-state index in [-0.39, 0.29) is 84.4 Å². The van der Waals surface area contributed by atoms with Crippen LogP contribution < -0.4 is 5.32 Å². The number of amides is 1. The summed E-state index contributed by atoms with van der Waals surface area (Å²) in [5, 5.41) is 33.4. The molecule has 1 aromatic rings. The molecule has 0 heterocycles. The van der Waals surface area contributed by atoms with Gasteiger partial charge in [0, 0.05) is 37.1 Å². The number of esters is 1. The van der Waals surface area contributed by atoms with E-state index in [2.05, 4.69) is 12.2 Å². The van der Waals surface area contributed by atoms with Gasteiger partial charge >= 0.3 is 5.97 Å². The van der Waals surface area contributed by atoms with Gasteiger partial charge in [-0.15, -0.1) is 0 Å². The molecular weight excluding hydrogens is 554 g/mol. The van der Waals surface area contributed by atoms with E-state index in [0.717, 1.165) is 18.4 Å². The van der Waals surface area contributed by atoms with Gasteiger partial charge in [0.25, 0.3) is 0 Å². The highest BCUT2D eigenvalue weighted by atomic mass is 16.5. The van der Waals surface area contributed by atoms with Crippen molar-refractivity contribution in [3.63, 3.8) is 0 Å². The minimum atomic E-state index is -1.79. The molecule has 0 bridgehead atoms. The molecular formula is C33H41NO9. The maximum Gasteiger partial charge on any atom is 0.306 e. The van der Waals surface area contributed by atoms with Crippen molar-refractivity contribution in [1.82, 2.24) is 5.32 Å². The number of benzene rings is 1. The summed E-state index contributed by atoms with van der Waals surface area (Å²) in [5.41, 5.74) is -1.35. The van der Waals surface area contributed by atoms with E-state index in [4.69, 9.17) is 4.74 Å². The Bertz CT molecular complexity index is 1380. The number of ether oxygens (including phenoxy) is 1. The molecule has 3 saturated carbocycles. The third kappa shape index (κ3) is 5.50. The molecule has 6 atom stereocenters. The fourth-order valence-electron chi connectivity index (χ4n) is 8.56. The van der Waals surface area contributed by atoms with Gasteiger partial charge in [-0.05, 0) is 79.5 Å². The summed E-state index contributed by atoms with van der Waals surface area (Å²) in [7, 11) is 0. The number of Topliss-reactive ketones (excluding diaryl/α,β-unsaturated/α-hetero) is 2. The number of allylic oxidation sites excluding steroid dienone is 1. The van der Waals surface area contributed by atoms with Crippen LogP contribution in [0.2, 0.25) is 0 Å². The monoisotopic (exact) mass is 595 g/mol. The molecule has 43 heavy (non-hydrogen) atoms. The average molecular weight is 596 g/mol. The molecule has 4 N–H and O–H groups in total. The predicted octanol–water partition coefficient (Wildman–Crippen LogP) is 3.09. The van der Waals surface area contributed by atoms with E-state index in [1.54, 1.807) is 12.1 Å². The van der Waals surface area contributed by atoms with Crippen molar-refractivity contribution in [3.05, 3.63) is 35.4 Å². The summed E-state index contributed by atoms with van der Waals surface area (Å²) in [5.74, 6) is -2.31. The molecule has 0 aliphatic heterocycles. The molecule has 0 radical (unpaired) electrons. The van der Waals surface area contributed by atoms with Gasteiger partial charge in [0.2, 0.25) is 11.7 Å². The number of ketones is 3. The molecule has 232 valence electrons. The molecule has 10 heteroatoms. The van der Waals surface area contributed by atoms with Crippen molar-refractivity contribution in [3.8, 4) is 11.5 Å². The van der Waals surface area contributed by atoms with Crippen molar-refractivity contribution in [2.24, 2.45) is 28.6 Å². The van der Waals surface area contributed by atoms with Gasteiger partial charge in [-0.3, -0.25) is 24.0 Å². The second-order valence-electron chi connectivity index (χ2n) is 13.3. The SMILES string of the molecule is C[C@]12CCC(=O)C=C1CC[C@@H]1[C@H]2C(=O)C[C@@]2(C)[C@@H]1CC[C@]2(O)C(=O)COC(=O)CCC(=O)NCCc1ccc(O)c(O)c1. The molecule has 10 nitrogen and oxygen atoms in total. The topological polar surface area (TPSA) is 167 Å². The number of aliphatic hydroxyl groups is 1. The lowest BCUT2D eigenvalue weighted by Gasteiger charge is -2.57. The number of hydrogen-bond donors (Lipinski definition) is 4. The maximum atomic E-state index is 13.7. The van der Waals surface area contributed by atoms with Gasteiger partial charge in [-0.25, -0.2) is 0 Å². The first-order chi connectivity index (χ1) is 20.3. The largest absolute Gasteiger partial charge is 0.504 e. The standard InChI is InChI=1S/C33H41NO9/c1-31-12-9-21(35)16-20(31)4-5-22-23-10-13-33(42,32(23,2)17-26(38)30(22)31)27(39)18-43-29(41)8-7-28(40)34-14-11-19-3-6-24(36)25(37)15-19/h3,6,15-16,22-23,30,36-37,42H,4-5,7-14,17-18H2,1-2H3,(H,34,40)/t22-,23+,30-,31-,32-,33-/m0/s1. The van der Waals surface area contributed by atoms with Crippen LogP contribution in [0.1, 0.15) is 77.2 Å². The Labute approximate surface area is 250 Å². The summed E-state index contributed by atoms with van der Waals surface area (Å²) >= 11 is 0. The summed E-state index contributed by atoms with van der Waals surface area (Å²) in [6, 6.07) is 4.39. The Morgan fingerprint density at radius 2 is 1.79 bits per heavy atom. The minimum Gasteiger partial charge on any atom is -0.504 e. The highest BCUT2D eigenvalue weighted by Gasteiger charge is 2.68. The van der Waals surface area contributed by atoms with E-state index in [1.165, 1.54) is 12.1 Å². The van der Waals surface area contributed by atoms with Gasteiger partial charge in [0.05, 0.1) is 6.42 Å². The summed E-state index contributed by atoms with van der Waals surface area (Å²) in [6.07, 6.45) is 5.18. The molecule has 0 saturated heterocycles. The third-order valence-corrected chi connectivity index (χ3v) is 11.0. The zero-order valence-electron chi connectivity index (χ0n) is 24.8. The third-order valence-electron chi connectivity index (χ3n) is 11.0. The molecule has 1 amide bonds. The highest BCUT2D eigenvalue weighted by molar-refractivity contribution is 5.95. The zero-order chi connectivity index (χ0) is 31.2. The molecule has 4 aliphatic carbocycles. The van der Waals surface area contributed by atoms with E-state index in [0.29, 0.717) is 31.2 Å². The molecule has 5 rings (SSSR count). The number of carbonyl (C=O) groups is 5. The first kappa shape index (κ1) is 30.9. The van der Waals surface area contributed by atoms with Gasteiger partial charge in [0.1, 0.15) is 11.4 Å². The van der Waals surface area contributed by atoms with Gasteiger partial charge in [-0.2, -0.15) is 0 Å². The quantitative estimate of drug-likeness (QED) is 0.248. The fraction of sp³-hybridized carbons (Fsp3) is 0.606. The fourth-order valence-corrected chi connectivity index (χ4v) is 8.56. The number of hydrogen-bond acceptors (Lipinski definition) is 9. The lowest BCUT2D eigenvalue weighted by molar-refractivity contribution is -0.173. The number of nitrogens with one attached hydrogen (secondary N) is 1. The van der Waals surface area contributed by atoms with Crippen molar-refractivity contribution in [2.75, 3.05) is 13.2 Å². The Hall–Kier alpha value is -3.53. The number of rotatable bonds is 9. The molecule has 1 aromatic carbocycles. The summed E-state index contributed by atoms with van der Waals surface area (Å²) in [4.78, 5) is 63.7. The Morgan fingerprint density at radius 3 is 2.53 bits per heavy atom. The normalized spacial score (nSPS) is 33.1. The number of fused-ring (bicyclic) bond motifs is 5. The molecule has 0 spiro atoms. The van der Waals surface area contributed by atoms with E-state index in [9.17, 15) is 39.3 Å². The van der Waals surface area contributed by atoms with Crippen LogP contribution in [-0.4, -0.2) is 63.3 Å².